The minimum absolute atomic E-state index is 0.237. The highest BCUT2D eigenvalue weighted by atomic mass is 16.5. The highest BCUT2D eigenvalue weighted by Gasteiger charge is 2.34. The average Bonchev–Trinajstić information content (AvgIpc) is 3.09. The molecule has 1 N–H and O–H groups in total. The Balaban J connectivity index is 1.81. The molecule has 0 aliphatic carbocycles. The van der Waals surface area contributed by atoms with Crippen molar-refractivity contribution in [2.24, 2.45) is 11.0 Å². The van der Waals surface area contributed by atoms with Crippen molar-refractivity contribution in [3.05, 3.63) is 65.7 Å². The fourth-order valence-corrected chi connectivity index (χ4v) is 2.58. The van der Waals surface area contributed by atoms with Crippen LogP contribution in [0.3, 0.4) is 0 Å². The third kappa shape index (κ3) is 3.18. The van der Waals surface area contributed by atoms with Crippen molar-refractivity contribution in [3.63, 3.8) is 0 Å². The van der Waals surface area contributed by atoms with Gasteiger partial charge in [-0.1, -0.05) is 30.3 Å². The summed E-state index contributed by atoms with van der Waals surface area (Å²) in [6, 6.07) is 13.2. The van der Waals surface area contributed by atoms with Gasteiger partial charge in [0.25, 0.3) is 0 Å². The molecule has 118 valence electrons. The summed E-state index contributed by atoms with van der Waals surface area (Å²) in [5.41, 5.74) is 6.08. The quantitative estimate of drug-likeness (QED) is 0.880. The molecule has 1 atom stereocenters. The Bertz CT molecular complexity index is 746. The van der Waals surface area contributed by atoms with E-state index in [1.807, 2.05) is 43.3 Å². The van der Waals surface area contributed by atoms with Crippen LogP contribution in [0.5, 0.6) is 0 Å². The second-order valence-corrected chi connectivity index (χ2v) is 5.41. The minimum atomic E-state index is -0.564. The van der Waals surface area contributed by atoms with Crippen LogP contribution in [0, 0.1) is 5.92 Å². The lowest BCUT2D eigenvalue weighted by atomic mass is 9.90. The van der Waals surface area contributed by atoms with Gasteiger partial charge in [-0.3, -0.25) is 10.2 Å². The number of esters is 1. The topological polar surface area (TPSA) is 63.8 Å². The van der Waals surface area contributed by atoms with E-state index < -0.39 is 5.92 Å². The van der Waals surface area contributed by atoms with Gasteiger partial charge in [-0.2, -0.15) is 5.10 Å². The molecule has 0 spiro atoms. The normalized spacial score (nSPS) is 17.5. The smallest absolute Gasteiger partial charge is 0.319 e. The monoisotopic (exact) mass is 310 g/mol. The van der Waals surface area contributed by atoms with Gasteiger partial charge in [0.2, 0.25) is 0 Å². The van der Waals surface area contributed by atoms with E-state index in [2.05, 4.69) is 10.5 Å². The maximum atomic E-state index is 12.6. The lowest BCUT2D eigenvalue weighted by Gasteiger charge is -2.24. The van der Waals surface area contributed by atoms with Crippen molar-refractivity contribution < 1.29 is 13.9 Å². The highest BCUT2D eigenvalue weighted by Crippen LogP contribution is 2.31. The maximum absolute atomic E-state index is 12.6. The predicted octanol–water partition coefficient (Wildman–Crippen LogP) is 3.35. The number of allylic oxidation sites excluding steroid dienone is 1. The van der Waals surface area contributed by atoms with Crippen LogP contribution in [0.15, 0.2) is 63.9 Å². The Kier molecular flexibility index (Phi) is 4.28. The van der Waals surface area contributed by atoms with Crippen LogP contribution >= 0.6 is 0 Å². The van der Waals surface area contributed by atoms with E-state index in [-0.39, 0.29) is 12.6 Å². The Morgan fingerprint density at radius 3 is 2.70 bits per heavy atom. The maximum Gasteiger partial charge on any atom is 0.319 e. The van der Waals surface area contributed by atoms with Crippen LogP contribution in [-0.4, -0.2) is 11.7 Å². The van der Waals surface area contributed by atoms with Gasteiger partial charge in [-0.05, 0) is 31.5 Å². The first-order valence-electron chi connectivity index (χ1n) is 7.42. The van der Waals surface area contributed by atoms with E-state index in [0.29, 0.717) is 11.5 Å². The molecule has 1 aliphatic rings. The number of hydrogen-bond donors (Lipinski definition) is 1. The molecule has 1 aromatic carbocycles. The lowest BCUT2D eigenvalue weighted by molar-refractivity contribution is -0.145. The van der Waals surface area contributed by atoms with Gasteiger partial charge < -0.3 is 9.15 Å². The van der Waals surface area contributed by atoms with Gasteiger partial charge in [0.15, 0.2) is 0 Å². The summed E-state index contributed by atoms with van der Waals surface area (Å²) in [5.74, 6) is -0.251. The molecule has 5 heteroatoms. The van der Waals surface area contributed by atoms with Crippen molar-refractivity contribution in [1.82, 2.24) is 5.43 Å². The van der Waals surface area contributed by atoms with E-state index in [1.165, 1.54) is 0 Å². The summed E-state index contributed by atoms with van der Waals surface area (Å²) in [6.07, 6.45) is 1.59. The highest BCUT2D eigenvalue weighted by molar-refractivity contribution is 6.11. The van der Waals surface area contributed by atoms with Crippen molar-refractivity contribution in [2.75, 3.05) is 0 Å². The molecule has 0 saturated carbocycles. The second-order valence-electron chi connectivity index (χ2n) is 5.41. The first kappa shape index (κ1) is 15.1. The van der Waals surface area contributed by atoms with Crippen LogP contribution in [0.4, 0.5) is 0 Å². The fourth-order valence-electron chi connectivity index (χ4n) is 2.58. The number of hydrogen-bond acceptors (Lipinski definition) is 5. The summed E-state index contributed by atoms with van der Waals surface area (Å²) >= 11 is 0. The van der Waals surface area contributed by atoms with Gasteiger partial charge in [0.1, 0.15) is 18.3 Å². The molecule has 1 aliphatic heterocycles. The molecule has 0 saturated heterocycles. The number of ether oxygens (including phenoxy) is 1. The van der Waals surface area contributed by atoms with Gasteiger partial charge in [-0.25, -0.2) is 0 Å². The Morgan fingerprint density at radius 1 is 1.22 bits per heavy atom. The molecule has 1 aromatic heterocycles. The average molecular weight is 310 g/mol. The Labute approximate surface area is 134 Å². The van der Waals surface area contributed by atoms with Crippen LogP contribution in [0.1, 0.15) is 25.2 Å². The molecule has 2 heterocycles. The van der Waals surface area contributed by atoms with Gasteiger partial charge in [0.05, 0.1) is 12.0 Å². The van der Waals surface area contributed by atoms with Crippen molar-refractivity contribution in [2.45, 2.75) is 20.5 Å². The molecule has 1 unspecified atom stereocenters. The number of benzene rings is 1. The summed E-state index contributed by atoms with van der Waals surface area (Å²) in [7, 11) is 0. The zero-order chi connectivity index (χ0) is 16.2. The molecule has 0 amide bonds. The third-order valence-electron chi connectivity index (χ3n) is 3.76. The molecule has 0 radical (unpaired) electrons. The number of furan rings is 1. The molecule has 2 aromatic rings. The molecule has 3 rings (SSSR count). The van der Waals surface area contributed by atoms with E-state index >= 15 is 0 Å². The van der Waals surface area contributed by atoms with E-state index in [4.69, 9.17) is 9.15 Å². The Morgan fingerprint density at radius 2 is 2.00 bits per heavy atom. The van der Waals surface area contributed by atoms with Crippen LogP contribution in [0.2, 0.25) is 0 Å². The van der Waals surface area contributed by atoms with Crippen molar-refractivity contribution in [3.8, 4) is 0 Å². The number of nitrogens with one attached hydrogen (secondary N) is 1. The first-order chi connectivity index (χ1) is 11.2. The van der Waals surface area contributed by atoms with Crippen molar-refractivity contribution >= 4 is 17.3 Å². The molecule has 23 heavy (non-hydrogen) atoms. The van der Waals surface area contributed by atoms with Crippen molar-refractivity contribution in [1.29, 1.82) is 0 Å². The summed E-state index contributed by atoms with van der Waals surface area (Å²) in [4.78, 5) is 12.6. The lowest BCUT2D eigenvalue weighted by Crippen LogP contribution is -2.32. The fraction of sp³-hybridized carbons (Fsp3) is 0.222. The van der Waals surface area contributed by atoms with Crippen LogP contribution < -0.4 is 5.43 Å². The standard InChI is InChI=1S/C18H18N2O3/c1-12-16(15-9-6-10-22-15)17(13(2)20-19-12)18(21)23-11-14-7-4-3-5-8-14/h3-10,17,19H,11H2,1-2H3. The molecule has 0 fully saturated rings. The number of nitrogens with zero attached hydrogens (tertiary/aromatic N) is 1. The number of carbonyl (C=O) groups is 1. The van der Waals surface area contributed by atoms with Crippen LogP contribution in [0.25, 0.3) is 5.57 Å². The van der Waals surface area contributed by atoms with Gasteiger partial charge in [0, 0.05) is 11.3 Å². The molecular weight excluding hydrogens is 292 g/mol. The number of hydrazone groups is 1. The molecule has 0 bridgehead atoms. The van der Waals surface area contributed by atoms with E-state index in [0.717, 1.165) is 16.8 Å². The molecular formula is C18H18N2O3. The SMILES string of the molecule is CC1=NNC(C)=C(c2ccco2)C1C(=O)OCc1ccccc1. The zero-order valence-corrected chi connectivity index (χ0v) is 13.1. The number of carbonyl (C=O) groups excluding carboxylic acids is 1. The summed E-state index contributed by atoms with van der Waals surface area (Å²) in [5, 5.41) is 4.19. The summed E-state index contributed by atoms with van der Waals surface area (Å²) in [6.45, 7) is 3.91. The van der Waals surface area contributed by atoms with E-state index in [1.54, 1.807) is 19.3 Å². The largest absolute Gasteiger partial charge is 0.465 e. The second kappa shape index (κ2) is 6.52. The van der Waals surface area contributed by atoms with Gasteiger partial charge in [-0.15, -0.1) is 0 Å². The van der Waals surface area contributed by atoms with Crippen LogP contribution in [-0.2, 0) is 16.1 Å². The third-order valence-corrected chi connectivity index (χ3v) is 3.76. The first-order valence-corrected chi connectivity index (χ1v) is 7.42. The predicted molar refractivity (Wildman–Crippen MR) is 87.3 cm³/mol. The van der Waals surface area contributed by atoms with Gasteiger partial charge >= 0.3 is 5.97 Å². The molecule has 5 nitrogen and oxygen atoms in total. The van der Waals surface area contributed by atoms with E-state index in [9.17, 15) is 4.79 Å². The minimum Gasteiger partial charge on any atom is -0.465 e. The summed E-state index contributed by atoms with van der Waals surface area (Å²) < 4.78 is 11.0. The Hall–Kier alpha value is -2.82. The number of rotatable bonds is 4. The zero-order valence-electron chi connectivity index (χ0n) is 13.1.